The Hall–Kier alpha value is -4.33. The first kappa shape index (κ1) is 26.3. The smallest absolute Gasteiger partial charge is 0.279 e. The van der Waals surface area contributed by atoms with Crippen molar-refractivity contribution in [2.45, 2.75) is 39.2 Å². The van der Waals surface area contributed by atoms with Crippen LogP contribution in [0.1, 0.15) is 33.1 Å². The van der Waals surface area contributed by atoms with Crippen molar-refractivity contribution in [3.8, 4) is 22.6 Å². The summed E-state index contributed by atoms with van der Waals surface area (Å²) in [7, 11) is 0. The van der Waals surface area contributed by atoms with E-state index in [-0.39, 0.29) is 18.7 Å². The van der Waals surface area contributed by atoms with E-state index in [2.05, 4.69) is 16.2 Å². The SMILES string of the molecule is CCOc1ccc(NC(=O)CCC(=O)NNC(=O)C(CC)Oc2ccc(-c3ccccc3)cc2)cc1. The molecule has 3 amide bonds. The van der Waals surface area contributed by atoms with Gasteiger partial charge in [0, 0.05) is 18.5 Å². The maximum absolute atomic E-state index is 12.5. The molecule has 0 aliphatic heterocycles. The lowest BCUT2D eigenvalue weighted by Gasteiger charge is -2.18. The second kappa shape index (κ2) is 13.5. The molecule has 0 aliphatic carbocycles. The lowest BCUT2D eigenvalue weighted by Crippen LogP contribution is -2.48. The lowest BCUT2D eigenvalue weighted by molar-refractivity contribution is -0.133. The number of carbonyl (C=O) groups is 3. The van der Waals surface area contributed by atoms with Crippen LogP contribution in [0.25, 0.3) is 11.1 Å². The van der Waals surface area contributed by atoms with E-state index >= 15 is 0 Å². The molecule has 0 aliphatic rings. The lowest BCUT2D eigenvalue weighted by atomic mass is 10.1. The van der Waals surface area contributed by atoms with Crippen molar-refractivity contribution in [2.75, 3.05) is 11.9 Å². The van der Waals surface area contributed by atoms with E-state index in [0.717, 1.165) is 11.1 Å². The van der Waals surface area contributed by atoms with Gasteiger partial charge >= 0.3 is 0 Å². The van der Waals surface area contributed by atoms with Crippen molar-refractivity contribution in [1.82, 2.24) is 10.9 Å². The van der Waals surface area contributed by atoms with E-state index in [1.165, 1.54) is 0 Å². The molecule has 0 fully saturated rings. The van der Waals surface area contributed by atoms with Gasteiger partial charge in [0.1, 0.15) is 11.5 Å². The van der Waals surface area contributed by atoms with Crippen LogP contribution < -0.4 is 25.6 Å². The van der Waals surface area contributed by atoms with Crippen LogP contribution >= 0.6 is 0 Å². The maximum atomic E-state index is 12.5. The first-order valence-electron chi connectivity index (χ1n) is 11.9. The standard InChI is InChI=1S/C28H31N3O5/c1-3-25(36-24-14-10-21(11-15-24)20-8-6-5-7-9-20)28(34)31-30-27(33)19-18-26(32)29-22-12-16-23(17-13-22)35-4-2/h5-17,25H,3-4,18-19H2,1-2H3,(H,29,32)(H,30,33)(H,31,34). The van der Waals surface area contributed by atoms with Gasteiger partial charge in [0.25, 0.3) is 5.91 Å². The molecular formula is C28H31N3O5. The summed E-state index contributed by atoms with van der Waals surface area (Å²) in [4.78, 5) is 36.7. The number of hydrogen-bond acceptors (Lipinski definition) is 5. The van der Waals surface area contributed by atoms with E-state index in [1.54, 1.807) is 36.4 Å². The fourth-order valence-corrected chi connectivity index (χ4v) is 3.37. The zero-order valence-electron chi connectivity index (χ0n) is 20.5. The highest BCUT2D eigenvalue weighted by atomic mass is 16.5. The maximum Gasteiger partial charge on any atom is 0.279 e. The molecular weight excluding hydrogens is 458 g/mol. The van der Waals surface area contributed by atoms with Crippen molar-refractivity contribution in [3.05, 3.63) is 78.9 Å². The molecule has 0 bridgehead atoms. The number of hydrogen-bond donors (Lipinski definition) is 3. The average molecular weight is 490 g/mol. The van der Waals surface area contributed by atoms with Crippen LogP contribution in [0.2, 0.25) is 0 Å². The number of ether oxygens (including phenoxy) is 2. The molecule has 8 nitrogen and oxygen atoms in total. The number of amides is 3. The van der Waals surface area contributed by atoms with Gasteiger partial charge in [-0.25, -0.2) is 0 Å². The van der Waals surface area contributed by atoms with Gasteiger partial charge in [0.2, 0.25) is 11.8 Å². The molecule has 0 saturated heterocycles. The molecule has 1 atom stereocenters. The van der Waals surface area contributed by atoms with Crippen LogP contribution in [0.4, 0.5) is 5.69 Å². The number of rotatable bonds is 11. The zero-order valence-corrected chi connectivity index (χ0v) is 20.5. The van der Waals surface area contributed by atoms with Crippen LogP contribution in [0, 0.1) is 0 Å². The van der Waals surface area contributed by atoms with Crippen LogP contribution in [-0.2, 0) is 14.4 Å². The van der Waals surface area contributed by atoms with Crippen molar-refractivity contribution in [2.24, 2.45) is 0 Å². The predicted octanol–water partition coefficient (Wildman–Crippen LogP) is 4.48. The second-order valence-corrected chi connectivity index (χ2v) is 7.95. The van der Waals surface area contributed by atoms with E-state index in [4.69, 9.17) is 9.47 Å². The monoisotopic (exact) mass is 489 g/mol. The first-order valence-corrected chi connectivity index (χ1v) is 11.9. The van der Waals surface area contributed by atoms with Gasteiger partial charge in [-0.3, -0.25) is 25.2 Å². The normalized spacial score (nSPS) is 11.2. The summed E-state index contributed by atoms with van der Waals surface area (Å²) in [6.45, 7) is 4.27. The molecule has 0 heterocycles. The molecule has 0 saturated carbocycles. The van der Waals surface area contributed by atoms with Gasteiger partial charge in [-0.1, -0.05) is 49.4 Å². The number of benzene rings is 3. The van der Waals surface area contributed by atoms with Gasteiger partial charge in [-0.2, -0.15) is 0 Å². The number of anilines is 1. The Morgan fingerprint density at radius 3 is 1.97 bits per heavy atom. The Labute approximate surface area is 211 Å². The average Bonchev–Trinajstić information content (AvgIpc) is 2.91. The number of carbonyl (C=O) groups excluding carboxylic acids is 3. The summed E-state index contributed by atoms with van der Waals surface area (Å²) >= 11 is 0. The Kier molecular flexibility index (Phi) is 9.88. The Morgan fingerprint density at radius 1 is 0.722 bits per heavy atom. The van der Waals surface area contributed by atoms with Crippen molar-refractivity contribution in [3.63, 3.8) is 0 Å². The van der Waals surface area contributed by atoms with Gasteiger partial charge < -0.3 is 14.8 Å². The molecule has 3 aromatic carbocycles. The number of nitrogens with one attached hydrogen (secondary N) is 3. The van der Waals surface area contributed by atoms with Gasteiger partial charge in [-0.05, 0) is 60.9 Å². The third-order valence-electron chi connectivity index (χ3n) is 5.26. The molecule has 36 heavy (non-hydrogen) atoms. The van der Waals surface area contributed by atoms with Crippen molar-refractivity contribution < 1.29 is 23.9 Å². The second-order valence-electron chi connectivity index (χ2n) is 7.95. The Bertz CT molecular complexity index is 1130. The Balaban J connectivity index is 1.40. The molecule has 8 heteroatoms. The van der Waals surface area contributed by atoms with Crippen LogP contribution in [0.5, 0.6) is 11.5 Å². The highest BCUT2D eigenvalue weighted by Gasteiger charge is 2.19. The summed E-state index contributed by atoms with van der Waals surface area (Å²) in [5.41, 5.74) is 7.45. The summed E-state index contributed by atoms with van der Waals surface area (Å²) < 4.78 is 11.2. The molecule has 1 unspecified atom stereocenters. The predicted molar refractivity (Wildman–Crippen MR) is 138 cm³/mol. The number of hydrazine groups is 1. The largest absolute Gasteiger partial charge is 0.494 e. The summed E-state index contributed by atoms with van der Waals surface area (Å²) in [5.74, 6) is -0.00316. The topological polar surface area (TPSA) is 106 Å². The fraction of sp³-hybridized carbons (Fsp3) is 0.250. The molecule has 3 N–H and O–H groups in total. The summed E-state index contributed by atoms with van der Waals surface area (Å²) in [6, 6.07) is 24.4. The third-order valence-corrected chi connectivity index (χ3v) is 5.26. The molecule has 3 rings (SSSR count). The molecule has 3 aromatic rings. The fourth-order valence-electron chi connectivity index (χ4n) is 3.37. The molecule has 0 aromatic heterocycles. The summed E-state index contributed by atoms with van der Waals surface area (Å²) in [5, 5.41) is 2.72. The highest BCUT2D eigenvalue weighted by Crippen LogP contribution is 2.23. The minimum atomic E-state index is -0.782. The quantitative estimate of drug-likeness (QED) is 0.345. The van der Waals surface area contributed by atoms with Crippen molar-refractivity contribution >= 4 is 23.4 Å². The minimum absolute atomic E-state index is 0.0314. The molecule has 0 radical (unpaired) electrons. The van der Waals surface area contributed by atoms with Gasteiger partial charge in [0.05, 0.1) is 6.61 Å². The van der Waals surface area contributed by atoms with Crippen molar-refractivity contribution in [1.29, 1.82) is 0 Å². The Morgan fingerprint density at radius 2 is 1.33 bits per heavy atom. The van der Waals surface area contributed by atoms with E-state index in [0.29, 0.717) is 30.2 Å². The van der Waals surface area contributed by atoms with E-state index in [1.807, 2.05) is 56.3 Å². The minimum Gasteiger partial charge on any atom is -0.494 e. The van der Waals surface area contributed by atoms with E-state index < -0.39 is 17.9 Å². The van der Waals surface area contributed by atoms with E-state index in [9.17, 15) is 14.4 Å². The summed E-state index contributed by atoms with van der Waals surface area (Å²) in [6.07, 6.45) is -0.485. The molecule has 188 valence electrons. The van der Waals surface area contributed by atoms with Crippen LogP contribution in [0.3, 0.4) is 0 Å². The zero-order chi connectivity index (χ0) is 25.8. The van der Waals surface area contributed by atoms with Crippen LogP contribution in [0.15, 0.2) is 78.9 Å². The molecule has 0 spiro atoms. The first-order chi connectivity index (χ1) is 17.5. The van der Waals surface area contributed by atoms with Crippen LogP contribution in [-0.4, -0.2) is 30.4 Å². The third kappa shape index (κ3) is 8.16. The highest BCUT2D eigenvalue weighted by molar-refractivity contribution is 5.93. The van der Waals surface area contributed by atoms with Gasteiger partial charge in [-0.15, -0.1) is 0 Å². The van der Waals surface area contributed by atoms with Gasteiger partial charge in [0.15, 0.2) is 6.10 Å².